The van der Waals surface area contributed by atoms with Gasteiger partial charge in [0, 0.05) is 17.5 Å². The summed E-state index contributed by atoms with van der Waals surface area (Å²) in [6.07, 6.45) is 1.15. The van der Waals surface area contributed by atoms with E-state index in [-0.39, 0.29) is 18.3 Å². The fraction of sp³-hybridized carbons (Fsp3) is 0.417. The van der Waals surface area contributed by atoms with E-state index in [4.69, 9.17) is 14.2 Å². The lowest BCUT2D eigenvalue weighted by atomic mass is 9.80. The number of carbonyl (C=O) groups excluding carboxylic acids is 1. The van der Waals surface area contributed by atoms with Gasteiger partial charge in [-0.2, -0.15) is 0 Å². The van der Waals surface area contributed by atoms with Crippen LogP contribution in [0.5, 0.6) is 17.2 Å². The largest absolute Gasteiger partial charge is 0.493 e. The SMILES string of the molecule is COc1ccc(-c2cccc3c2CCC3=O)c(OC[C@@](C)(C(=O)O)C(C)C)c1OC. The molecule has 2 aromatic rings. The van der Waals surface area contributed by atoms with Crippen LogP contribution in [0.2, 0.25) is 0 Å². The summed E-state index contributed by atoms with van der Waals surface area (Å²) in [5, 5.41) is 9.78. The lowest BCUT2D eigenvalue weighted by Crippen LogP contribution is -2.39. The van der Waals surface area contributed by atoms with E-state index in [1.807, 2.05) is 38.1 Å². The van der Waals surface area contributed by atoms with Crippen LogP contribution < -0.4 is 14.2 Å². The molecule has 0 spiro atoms. The van der Waals surface area contributed by atoms with Crippen LogP contribution in [0.4, 0.5) is 0 Å². The standard InChI is InChI=1S/C24H28O6/c1-14(2)24(3,23(26)27)13-30-21-18(10-12-20(28-4)22(21)29-5)15-7-6-8-17-16(15)9-11-19(17)25/h6-8,10,12,14H,9,11,13H2,1-5H3,(H,26,27)/t24-/m1/s1. The highest BCUT2D eigenvalue weighted by Gasteiger charge is 2.38. The normalized spacial score (nSPS) is 14.9. The van der Waals surface area contributed by atoms with Crippen molar-refractivity contribution in [1.82, 2.24) is 0 Å². The van der Waals surface area contributed by atoms with Crippen LogP contribution in [0, 0.1) is 11.3 Å². The van der Waals surface area contributed by atoms with Crippen molar-refractivity contribution in [3.05, 3.63) is 41.5 Å². The first-order valence-corrected chi connectivity index (χ1v) is 10.0. The predicted octanol–water partition coefficient (Wildman–Crippen LogP) is 4.63. The van der Waals surface area contributed by atoms with Gasteiger partial charge in [-0.1, -0.05) is 32.0 Å². The van der Waals surface area contributed by atoms with Gasteiger partial charge in [0.2, 0.25) is 5.75 Å². The number of rotatable bonds is 8. The molecule has 6 nitrogen and oxygen atoms in total. The molecule has 2 aromatic carbocycles. The van der Waals surface area contributed by atoms with Crippen LogP contribution in [0.1, 0.15) is 43.1 Å². The molecular formula is C24H28O6. The summed E-state index contributed by atoms with van der Waals surface area (Å²) in [6.45, 7) is 5.35. The molecule has 1 aliphatic rings. The van der Waals surface area contributed by atoms with Crippen molar-refractivity contribution in [2.75, 3.05) is 20.8 Å². The molecule has 0 aromatic heterocycles. The van der Waals surface area contributed by atoms with E-state index < -0.39 is 11.4 Å². The van der Waals surface area contributed by atoms with Crippen molar-refractivity contribution in [3.63, 3.8) is 0 Å². The number of fused-ring (bicyclic) bond motifs is 1. The summed E-state index contributed by atoms with van der Waals surface area (Å²) in [6, 6.07) is 9.30. The number of methoxy groups -OCH3 is 2. The van der Waals surface area contributed by atoms with E-state index in [0.717, 1.165) is 22.3 Å². The van der Waals surface area contributed by atoms with Gasteiger partial charge in [-0.05, 0) is 42.5 Å². The fourth-order valence-corrected chi connectivity index (χ4v) is 3.69. The second kappa shape index (κ2) is 8.38. The minimum absolute atomic E-state index is 0.0372. The van der Waals surface area contributed by atoms with E-state index >= 15 is 0 Å². The van der Waals surface area contributed by atoms with Crippen LogP contribution in [0.25, 0.3) is 11.1 Å². The molecule has 0 saturated carbocycles. The number of aliphatic carboxylic acids is 1. The maximum Gasteiger partial charge on any atom is 0.313 e. The van der Waals surface area contributed by atoms with Gasteiger partial charge in [-0.25, -0.2) is 0 Å². The molecule has 0 heterocycles. The molecule has 0 amide bonds. The molecule has 0 radical (unpaired) electrons. The summed E-state index contributed by atoms with van der Waals surface area (Å²) in [7, 11) is 3.06. The highest BCUT2D eigenvalue weighted by Crippen LogP contribution is 2.47. The predicted molar refractivity (Wildman–Crippen MR) is 114 cm³/mol. The number of hydrogen-bond acceptors (Lipinski definition) is 5. The number of ketones is 1. The molecule has 6 heteroatoms. The van der Waals surface area contributed by atoms with Gasteiger partial charge in [-0.3, -0.25) is 9.59 Å². The minimum Gasteiger partial charge on any atom is -0.493 e. The Balaban J connectivity index is 2.15. The molecule has 1 atom stereocenters. The Bertz CT molecular complexity index is 978. The Morgan fingerprint density at radius 1 is 1.03 bits per heavy atom. The fourth-order valence-electron chi connectivity index (χ4n) is 3.69. The average molecular weight is 412 g/mol. The minimum atomic E-state index is -1.08. The van der Waals surface area contributed by atoms with Gasteiger partial charge in [0.1, 0.15) is 12.0 Å². The quantitative estimate of drug-likeness (QED) is 0.681. The first-order chi connectivity index (χ1) is 14.2. The number of ether oxygens (including phenoxy) is 3. The zero-order valence-electron chi connectivity index (χ0n) is 18.1. The summed E-state index contributed by atoms with van der Waals surface area (Å²) in [5.74, 6) is 0.362. The van der Waals surface area contributed by atoms with E-state index in [0.29, 0.717) is 30.1 Å². The van der Waals surface area contributed by atoms with Crippen LogP contribution >= 0.6 is 0 Å². The molecule has 0 bridgehead atoms. The monoisotopic (exact) mass is 412 g/mol. The Morgan fingerprint density at radius 3 is 2.33 bits per heavy atom. The summed E-state index contributed by atoms with van der Waals surface area (Å²) in [4.78, 5) is 24.2. The number of carboxylic acid groups (broad SMARTS) is 1. The van der Waals surface area contributed by atoms with E-state index in [9.17, 15) is 14.7 Å². The number of carbonyl (C=O) groups is 2. The molecule has 3 rings (SSSR count). The zero-order valence-corrected chi connectivity index (χ0v) is 18.1. The highest BCUT2D eigenvalue weighted by molar-refractivity contribution is 6.02. The van der Waals surface area contributed by atoms with Crippen LogP contribution in [-0.2, 0) is 11.2 Å². The van der Waals surface area contributed by atoms with Crippen molar-refractivity contribution < 1.29 is 28.9 Å². The first-order valence-electron chi connectivity index (χ1n) is 10.0. The van der Waals surface area contributed by atoms with Crippen LogP contribution in [0.15, 0.2) is 30.3 Å². The van der Waals surface area contributed by atoms with Gasteiger partial charge < -0.3 is 19.3 Å². The summed E-state index contributed by atoms with van der Waals surface area (Å²) >= 11 is 0. The zero-order chi connectivity index (χ0) is 22.1. The molecule has 30 heavy (non-hydrogen) atoms. The number of benzene rings is 2. The lowest BCUT2D eigenvalue weighted by molar-refractivity contribution is -0.152. The molecule has 160 valence electrons. The highest BCUT2D eigenvalue weighted by atomic mass is 16.5. The Morgan fingerprint density at radius 2 is 1.73 bits per heavy atom. The Hall–Kier alpha value is -3.02. The van der Waals surface area contributed by atoms with E-state index in [2.05, 4.69) is 0 Å². The number of hydrogen-bond donors (Lipinski definition) is 1. The smallest absolute Gasteiger partial charge is 0.313 e. The summed E-state index contributed by atoms with van der Waals surface area (Å²) in [5.41, 5.74) is 2.25. The van der Waals surface area contributed by atoms with Crippen molar-refractivity contribution in [1.29, 1.82) is 0 Å². The number of Topliss-reactive ketones (excluding diaryl/α,β-unsaturated/α-hetero) is 1. The first kappa shape index (κ1) is 21.7. The van der Waals surface area contributed by atoms with Crippen LogP contribution in [0.3, 0.4) is 0 Å². The van der Waals surface area contributed by atoms with Gasteiger partial charge in [-0.15, -0.1) is 0 Å². The Labute approximate surface area is 176 Å². The molecule has 0 aliphatic heterocycles. The summed E-state index contributed by atoms with van der Waals surface area (Å²) < 4.78 is 17.2. The molecular weight excluding hydrogens is 384 g/mol. The lowest BCUT2D eigenvalue weighted by Gasteiger charge is -2.30. The van der Waals surface area contributed by atoms with Gasteiger partial charge in [0.05, 0.1) is 14.2 Å². The van der Waals surface area contributed by atoms with E-state index in [1.165, 1.54) is 14.2 Å². The van der Waals surface area contributed by atoms with Crippen molar-refractivity contribution in [2.24, 2.45) is 11.3 Å². The topological polar surface area (TPSA) is 82.1 Å². The third-order valence-electron chi connectivity index (χ3n) is 6.15. The van der Waals surface area contributed by atoms with Crippen molar-refractivity contribution >= 4 is 11.8 Å². The van der Waals surface area contributed by atoms with Gasteiger partial charge >= 0.3 is 5.97 Å². The van der Waals surface area contributed by atoms with Crippen molar-refractivity contribution in [3.8, 4) is 28.4 Å². The van der Waals surface area contributed by atoms with Gasteiger partial charge in [0.15, 0.2) is 17.3 Å². The second-order valence-electron chi connectivity index (χ2n) is 8.10. The molecule has 1 N–H and O–H groups in total. The second-order valence-corrected chi connectivity index (χ2v) is 8.10. The third-order valence-corrected chi connectivity index (χ3v) is 6.15. The maximum absolute atomic E-state index is 12.2. The third kappa shape index (κ3) is 3.62. The van der Waals surface area contributed by atoms with E-state index in [1.54, 1.807) is 13.0 Å². The molecule has 0 saturated heterocycles. The van der Waals surface area contributed by atoms with Crippen LogP contribution in [-0.4, -0.2) is 37.7 Å². The molecule has 1 aliphatic carbocycles. The molecule has 0 unspecified atom stereocenters. The maximum atomic E-state index is 12.2. The average Bonchev–Trinajstić information content (AvgIpc) is 3.11. The van der Waals surface area contributed by atoms with Crippen molar-refractivity contribution in [2.45, 2.75) is 33.6 Å². The molecule has 0 fully saturated rings. The number of carboxylic acids is 1. The Kier molecular flexibility index (Phi) is 6.06. The van der Waals surface area contributed by atoms with Gasteiger partial charge in [0.25, 0.3) is 0 Å².